The Kier molecular flexibility index (Phi) is 5.59. The lowest BCUT2D eigenvalue weighted by Crippen LogP contribution is -2.46. The van der Waals surface area contributed by atoms with Crippen molar-refractivity contribution in [1.82, 2.24) is 9.62 Å². The highest BCUT2D eigenvalue weighted by Gasteiger charge is 2.36. The minimum atomic E-state index is -4.61. The van der Waals surface area contributed by atoms with Crippen LogP contribution in [0.1, 0.15) is 28.8 Å². The Morgan fingerprint density at radius 3 is 2.37 bits per heavy atom. The fourth-order valence-corrected chi connectivity index (χ4v) is 5.30. The minimum Gasteiger partial charge on any atom is -0.339 e. The van der Waals surface area contributed by atoms with Crippen LogP contribution in [0.2, 0.25) is 0 Å². The molecular formula is C17H17F3N2O3S2. The van der Waals surface area contributed by atoms with Crippen molar-refractivity contribution in [1.29, 1.82) is 0 Å². The number of hydrogen-bond acceptors (Lipinski definition) is 4. The summed E-state index contributed by atoms with van der Waals surface area (Å²) in [6.07, 6.45) is -3.93. The molecule has 1 N–H and O–H groups in total. The van der Waals surface area contributed by atoms with Crippen LogP contribution >= 0.6 is 11.3 Å². The second kappa shape index (κ2) is 7.61. The van der Waals surface area contributed by atoms with Gasteiger partial charge < -0.3 is 4.90 Å². The Labute approximate surface area is 158 Å². The number of carbonyl (C=O) groups excluding carboxylic acids is 1. The van der Waals surface area contributed by atoms with Gasteiger partial charge >= 0.3 is 6.18 Å². The number of nitrogens with zero attached hydrogens (tertiary/aromatic N) is 1. The maximum absolute atomic E-state index is 13.1. The van der Waals surface area contributed by atoms with Crippen LogP contribution in [0.3, 0.4) is 0 Å². The number of thiophene rings is 1. The maximum atomic E-state index is 13.1. The van der Waals surface area contributed by atoms with Crippen LogP contribution in [-0.4, -0.2) is 38.4 Å². The molecule has 1 aliphatic heterocycles. The van der Waals surface area contributed by atoms with E-state index in [1.807, 2.05) is 0 Å². The summed E-state index contributed by atoms with van der Waals surface area (Å²) >= 11 is 1.10. The van der Waals surface area contributed by atoms with Gasteiger partial charge in [0.25, 0.3) is 5.91 Å². The molecule has 0 atom stereocenters. The maximum Gasteiger partial charge on any atom is 0.417 e. The van der Waals surface area contributed by atoms with Crippen LogP contribution in [0.25, 0.3) is 0 Å². The number of likely N-dealkylation sites (tertiary alicyclic amines) is 1. The van der Waals surface area contributed by atoms with E-state index < -0.39 is 27.7 Å². The highest BCUT2D eigenvalue weighted by atomic mass is 32.2. The third kappa shape index (κ3) is 4.50. The predicted molar refractivity (Wildman–Crippen MR) is 95.0 cm³/mol. The van der Waals surface area contributed by atoms with Crippen LogP contribution in [0.5, 0.6) is 0 Å². The van der Waals surface area contributed by atoms with E-state index in [9.17, 15) is 26.4 Å². The van der Waals surface area contributed by atoms with E-state index in [0.717, 1.165) is 23.5 Å². The predicted octanol–water partition coefficient (Wildman–Crippen LogP) is 3.35. The molecule has 1 saturated heterocycles. The second-order valence-electron chi connectivity index (χ2n) is 6.16. The number of benzene rings is 1. The molecule has 27 heavy (non-hydrogen) atoms. The van der Waals surface area contributed by atoms with Crippen molar-refractivity contribution in [3.63, 3.8) is 0 Å². The van der Waals surface area contributed by atoms with Gasteiger partial charge in [-0.1, -0.05) is 18.2 Å². The average molecular weight is 418 g/mol. The molecule has 0 unspecified atom stereocenters. The van der Waals surface area contributed by atoms with E-state index in [4.69, 9.17) is 0 Å². The van der Waals surface area contributed by atoms with E-state index in [0.29, 0.717) is 12.8 Å². The summed E-state index contributed by atoms with van der Waals surface area (Å²) in [5.41, 5.74) is -1.35. The number of nitrogens with one attached hydrogen (secondary N) is 1. The lowest BCUT2D eigenvalue weighted by Gasteiger charge is -2.32. The molecule has 1 amide bonds. The summed E-state index contributed by atoms with van der Waals surface area (Å²) in [4.78, 5) is 13.9. The van der Waals surface area contributed by atoms with Crippen molar-refractivity contribution < 1.29 is 26.4 Å². The molecule has 0 spiro atoms. The van der Waals surface area contributed by atoms with E-state index in [2.05, 4.69) is 4.72 Å². The van der Waals surface area contributed by atoms with E-state index in [-0.39, 0.29) is 28.9 Å². The molecule has 1 aromatic heterocycles. The first-order valence-electron chi connectivity index (χ1n) is 8.20. The quantitative estimate of drug-likeness (QED) is 0.828. The van der Waals surface area contributed by atoms with Gasteiger partial charge in [-0.25, -0.2) is 13.1 Å². The first-order chi connectivity index (χ1) is 12.7. The zero-order chi connectivity index (χ0) is 19.7. The Morgan fingerprint density at radius 1 is 1.11 bits per heavy atom. The monoisotopic (exact) mass is 418 g/mol. The highest BCUT2D eigenvalue weighted by molar-refractivity contribution is 7.91. The standard InChI is InChI=1S/C17H17F3N2O3S2/c18-17(19,20)14-5-2-1-4-13(14)16(23)22-9-7-12(8-10-22)21-27(24,25)15-6-3-11-26-15/h1-6,11-12,21H,7-10H2. The van der Waals surface area contributed by atoms with E-state index in [1.54, 1.807) is 11.4 Å². The average Bonchev–Trinajstić information content (AvgIpc) is 3.16. The molecule has 1 aromatic carbocycles. The van der Waals surface area contributed by atoms with Gasteiger partial charge in [-0.15, -0.1) is 11.3 Å². The van der Waals surface area contributed by atoms with Gasteiger partial charge in [0.05, 0.1) is 11.1 Å². The molecular weight excluding hydrogens is 401 g/mol. The van der Waals surface area contributed by atoms with Crippen molar-refractivity contribution >= 4 is 27.3 Å². The molecule has 2 heterocycles. The summed E-state index contributed by atoms with van der Waals surface area (Å²) in [6, 6.07) is 7.46. The Hall–Kier alpha value is -1.91. The van der Waals surface area contributed by atoms with Crippen molar-refractivity contribution in [3.8, 4) is 0 Å². The summed E-state index contributed by atoms with van der Waals surface area (Å²) in [6.45, 7) is 0.366. The summed E-state index contributed by atoms with van der Waals surface area (Å²) < 4.78 is 66.6. The van der Waals surface area contributed by atoms with E-state index >= 15 is 0 Å². The molecule has 2 aromatic rings. The minimum absolute atomic E-state index is 0.183. The fourth-order valence-electron chi connectivity index (χ4n) is 2.98. The molecule has 0 saturated carbocycles. The number of halogens is 3. The van der Waals surface area contributed by atoms with Crippen molar-refractivity contribution in [2.24, 2.45) is 0 Å². The number of carbonyl (C=O) groups is 1. The smallest absolute Gasteiger partial charge is 0.339 e. The highest BCUT2D eigenvalue weighted by Crippen LogP contribution is 2.32. The summed E-state index contributed by atoms with van der Waals surface area (Å²) in [5.74, 6) is -0.692. The normalized spacial score (nSPS) is 16.5. The molecule has 1 aliphatic rings. The van der Waals surface area contributed by atoms with Crippen LogP contribution < -0.4 is 4.72 Å². The Balaban J connectivity index is 1.66. The lowest BCUT2D eigenvalue weighted by molar-refractivity contribution is -0.138. The largest absolute Gasteiger partial charge is 0.417 e. The van der Waals surface area contributed by atoms with Crippen LogP contribution in [-0.2, 0) is 16.2 Å². The van der Waals surface area contributed by atoms with Gasteiger partial charge in [-0.05, 0) is 36.4 Å². The molecule has 0 bridgehead atoms. The lowest BCUT2D eigenvalue weighted by atomic mass is 10.0. The van der Waals surface area contributed by atoms with Gasteiger partial charge in [0.2, 0.25) is 10.0 Å². The summed E-state index contributed by atoms with van der Waals surface area (Å²) in [5, 5.41) is 1.66. The van der Waals surface area contributed by atoms with Crippen LogP contribution in [0.15, 0.2) is 46.0 Å². The first kappa shape index (κ1) is 19.8. The zero-order valence-electron chi connectivity index (χ0n) is 14.1. The van der Waals surface area contributed by atoms with Crippen molar-refractivity contribution in [3.05, 3.63) is 52.9 Å². The first-order valence-corrected chi connectivity index (χ1v) is 10.6. The topological polar surface area (TPSA) is 66.5 Å². The molecule has 5 nitrogen and oxygen atoms in total. The molecule has 3 rings (SSSR count). The molecule has 146 valence electrons. The number of rotatable bonds is 4. The number of sulfonamides is 1. The number of hydrogen-bond donors (Lipinski definition) is 1. The molecule has 10 heteroatoms. The number of amides is 1. The van der Waals surface area contributed by atoms with Crippen molar-refractivity contribution in [2.75, 3.05) is 13.1 Å². The van der Waals surface area contributed by atoms with E-state index in [1.165, 1.54) is 23.1 Å². The van der Waals surface area contributed by atoms with Gasteiger partial charge in [0.1, 0.15) is 4.21 Å². The third-order valence-corrected chi connectivity index (χ3v) is 7.24. The molecule has 0 radical (unpaired) electrons. The van der Waals surface area contributed by atoms with Crippen molar-refractivity contribution in [2.45, 2.75) is 29.3 Å². The van der Waals surface area contributed by atoms with Gasteiger partial charge in [-0.2, -0.15) is 13.2 Å². The summed E-state index contributed by atoms with van der Waals surface area (Å²) in [7, 11) is -3.62. The van der Waals surface area contributed by atoms with Crippen LogP contribution in [0.4, 0.5) is 13.2 Å². The second-order valence-corrected chi connectivity index (χ2v) is 9.05. The zero-order valence-corrected chi connectivity index (χ0v) is 15.7. The van der Waals surface area contributed by atoms with Gasteiger partial charge in [-0.3, -0.25) is 4.79 Å². The Bertz CT molecular complexity index is 904. The number of alkyl halides is 3. The SMILES string of the molecule is O=C(c1ccccc1C(F)(F)F)N1CCC(NS(=O)(=O)c2cccs2)CC1. The fraction of sp³-hybridized carbons (Fsp3) is 0.353. The third-order valence-electron chi connectivity index (χ3n) is 4.33. The van der Waals surface area contributed by atoms with Gasteiger partial charge in [0, 0.05) is 19.1 Å². The Morgan fingerprint density at radius 2 is 1.78 bits per heavy atom. The van der Waals surface area contributed by atoms with Gasteiger partial charge in [0.15, 0.2) is 0 Å². The molecule has 1 fully saturated rings. The number of piperidine rings is 1. The van der Waals surface area contributed by atoms with Crippen LogP contribution in [0, 0.1) is 0 Å². The molecule has 0 aliphatic carbocycles.